The molecule has 0 aromatic heterocycles. The van der Waals surface area contributed by atoms with E-state index in [9.17, 15) is 9.90 Å². The molecule has 0 unspecified atom stereocenters. The Morgan fingerprint density at radius 3 is 2.57 bits per heavy atom. The SMILES string of the molecule is CCCN1CC[C@@H](COc2ccc([C@@H]3c4ccc(O)cc4CC4(CC4)N3C(=O)c3ccccc3)cc2)C1. The molecule has 1 spiro atoms. The summed E-state index contributed by atoms with van der Waals surface area (Å²) in [5, 5.41) is 10.2. The van der Waals surface area contributed by atoms with Gasteiger partial charge in [0.05, 0.1) is 12.6 Å². The van der Waals surface area contributed by atoms with Crippen LogP contribution in [-0.2, 0) is 6.42 Å². The van der Waals surface area contributed by atoms with Gasteiger partial charge in [-0.3, -0.25) is 4.79 Å². The number of phenolic OH excluding ortho intramolecular Hbond substituents is 1. The molecule has 3 aromatic carbocycles. The number of aromatic hydroxyl groups is 1. The van der Waals surface area contributed by atoms with Gasteiger partial charge in [0.25, 0.3) is 5.91 Å². The fraction of sp³-hybridized carbons (Fsp3) is 0.406. The number of rotatable bonds is 7. The molecule has 2 atom stereocenters. The Kier molecular flexibility index (Phi) is 6.41. The number of ether oxygens (including phenoxy) is 1. The van der Waals surface area contributed by atoms with E-state index in [0.29, 0.717) is 5.92 Å². The Morgan fingerprint density at radius 1 is 1.05 bits per heavy atom. The number of carbonyl (C=O) groups is 1. The lowest BCUT2D eigenvalue weighted by Crippen LogP contribution is -2.49. The maximum Gasteiger partial charge on any atom is 0.255 e. The van der Waals surface area contributed by atoms with Crippen molar-refractivity contribution < 1.29 is 14.6 Å². The van der Waals surface area contributed by atoms with Gasteiger partial charge in [-0.1, -0.05) is 43.3 Å². The van der Waals surface area contributed by atoms with Crippen LogP contribution in [0.3, 0.4) is 0 Å². The highest BCUT2D eigenvalue weighted by Gasteiger charge is 2.56. The second-order valence-electron chi connectivity index (χ2n) is 11.1. The molecule has 3 aliphatic rings. The second kappa shape index (κ2) is 9.86. The van der Waals surface area contributed by atoms with Gasteiger partial charge in [0.15, 0.2) is 0 Å². The quantitative estimate of drug-likeness (QED) is 0.448. The smallest absolute Gasteiger partial charge is 0.255 e. The summed E-state index contributed by atoms with van der Waals surface area (Å²) in [5.41, 5.74) is 3.83. The van der Waals surface area contributed by atoms with Crippen LogP contribution < -0.4 is 4.74 Å². The van der Waals surface area contributed by atoms with Crippen LogP contribution in [0.15, 0.2) is 72.8 Å². The van der Waals surface area contributed by atoms with Gasteiger partial charge in [-0.25, -0.2) is 0 Å². The second-order valence-corrected chi connectivity index (χ2v) is 11.1. The van der Waals surface area contributed by atoms with Crippen molar-refractivity contribution in [2.45, 2.75) is 50.6 Å². The van der Waals surface area contributed by atoms with Crippen molar-refractivity contribution in [3.05, 3.63) is 95.1 Å². The van der Waals surface area contributed by atoms with E-state index in [-0.39, 0.29) is 23.2 Å². The Balaban J connectivity index is 1.28. The van der Waals surface area contributed by atoms with Gasteiger partial charge in [-0.2, -0.15) is 0 Å². The average Bonchev–Trinajstić information content (AvgIpc) is 3.53. The molecule has 3 aromatic rings. The lowest BCUT2D eigenvalue weighted by Gasteiger charge is -2.44. The van der Waals surface area contributed by atoms with Gasteiger partial charge < -0.3 is 19.6 Å². The summed E-state index contributed by atoms with van der Waals surface area (Å²) in [6.07, 6.45) is 5.14. The van der Waals surface area contributed by atoms with Crippen molar-refractivity contribution in [1.29, 1.82) is 0 Å². The first kappa shape index (κ1) is 24.1. The van der Waals surface area contributed by atoms with Crippen molar-refractivity contribution in [2.24, 2.45) is 5.92 Å². The number of benzene rings is 3. The molecule has 1 saturated carbocycles. The summed E-state index contributed by atoms with van der Waals surface area (Å²) in [7, 11) is 0. The molecule has 2 aliphatic heterocycles. The largest absolute Gasteiger partial charge is 0.508 e. The maximum absolute atomic E-state index is 14.0. The van der Waals surface area contributed by atoms with Crippen molar-refractivity contribution in [2.75, 3.05) is 26.2 Å². The number of phenols is 1. The molecular formula is C32H36N2O3. The van der Waals surface area contributed by atoms with E-state index in [0.717, 1.165) is 60.4 Å². The number of carbonyl (C=O) groups excluding carboxylic acids is 1. The fourth-order valence-electron chi connectivity index (χ4n) is 6.34. The molecule has 192 valence electrons. The van der Waals surface area contributed by atoms with E-state index < -0.39 is 0 Å². The zero-order valence-corrected chi connectivity index (χ0v) is 21.6. The van der Waals surface area contributed by atoms with E-state index >= 15 is 0 Å². The van der Waals surface area contributed by atoms with Crippen LogP contribution in [0.5, 0.6) is 11.5 Å². The predicted molar refractivity (Wildman–Crippen MR) is 145 cm³/mol. The van der Waals surface area contributed by atoms with Crippen LogP contribution in [0.4, 0.5) is 0 Å². The molecule has 2 heterocycles. The predicted octanol–water partition coefficient (Wildman–Crippen LogP) is 5.82. The summed E-state index contributed by atoms with van der Waals surface area (Å²) in [4.78, 5) is 18.6. The first-order chi connectivity index (χ1) is 18.1. The normalized spacial score (nSPS) is 22.1. The van der Waals surface area contributed by atoms with Crippen LogP contribution in [0, 0.1) is 5.92 Å². The summed E-state index contributed by atoms with van der Waals surface area (Å²) in [6.45, 7) is 6.44. The molecule has 5 heteroatoms. The van der Waals surface area contributed by atoms with Crippen molar-refractivity contribution in [3.8, 4) is 11.5 Å². The van der Waals surface area contributed by atoms with Crippen LogP contribution in [-0.4, -0.2) is 52.6 Å². The minimum Gasteiger partial charge on any atom is -0.508 e. The molecule has 1 amide bonds. The highest BCUT2D eigenvalue weighted by Crippen LogP contribution is 2.55. The summed E-state index contributed by atoms with van der Waals surface area (Å²) >= 11 is 0. The summed E-state index contributed by atoms with van der Waals surface area (Å²) in [5.74, 6) is 1.81. The standard InChI is InChI=1S/C32H36N2O3/c1-2-17-33-18-14-23(21-33)22-37-28-11-8-24(9-12-28)30-29-13-10-27(35)19-26(29)20-32(15-16-32)34(30)31(36)25-6-4-3-5-7-25/h3-13,19,23,30,35H,2,14-18,20-22H2,1H3/t23-,30-/m1/s1. The highest BCUT2D eigenvalue weighted by atomic mass is 16.5. The van der Waals surface area contributed by atoms with E-state index in [1.807, 2.05) is 54.6 Å². The fourth-order valence-corrected chi connectivity index (χ4v) is 6.34. The van der Waals surface area contributed by atoms with Crippen molar-refractivity contribution in [3.63, 3.8) is 0 Å². The minimum absolute atomic E-state index is 0.0695. The van der Waals surface area contributed by atoms with E-state index in [1.165, 1.54) is 25.9 Å². The maximum atomic E-state index is 14.0. The summed E-state index contributed by atoms with van der Waals surface area (Å²) < 4.78 is 6.20. The van der Waals surface area contributed by atoms with Gasteiger partial charge in [-0.05, 0) is 98.3 Å². The number of amides is 1. The number of nitrogens with zero attached hydrogens (tertiary/aromatic N) is 2. The van der Waals surface area contributed by atoms with Crippen LogP contribution >= 0.6 is 0 Å². The van der Waals surface area contributed by atoms with Gasteiger partial charge in [0.2, 0.25) is 0 Å². The average molecular weight is 497 g/mol. The van der Waals surface area contributed by atoms with Crippen LogP contribution in [0.1, 0.15) is 65.7 Å². The third kappa shape index (κ3) is 4.73. The monoisotopic (exact) mass is 496 g/mol. The van der Waals surface area contributed by atoms with Gasteiger partial charge in [0, 0.05) is 23.6 Å². The molecule has 1 N–H and O–H groups in total. The first-order valence-electron chi connectivity index (χ1n) is 13.7. The van der Waals surface area contributed by atoms with Crippen LogP contribution in [0.2, 0.25) is 0 Å². The molecular weight excluding hydrogens is 460 g/mol. The van der Waals surface area contributed by atoms with Crippen molar-refractivity contribution >= 4 is 5.91 Å². The van der Waals surface area contributed by atoms with E-state index in [2.05, 4.69) is 28.9 Å². The topological polar surface area (TPSA) is 53.0 Å². The Hall–Kier alpha value is -3.31. The lowest BCUT2D eigenvalue weighted by molar-refractivity contribution is 0.0541. The number of likely N-dealkylation sites (tertiary alicyclic amines) is 1. The number of fused-ring (bicyclic) bond motifs is 1. The lowest BCUT2D eigenvalue weighted by atomic mass is 9.82. The molecule has 0 bridgehead atoms. The Morgan fingerprint density at radius 2 is 1.84 bits per heavy atom. The zero-order valence-electron chi connectivity index (χ0n) is 21.6. The summed E-state index contributed by atoms with van der Waals surface area (Å²) in [6, 6.07) is 23.3. The molecule has 2 fully saturated rings. The van der Waals surface area contributed by atoms with Gasteiger partial charge in [-0.15, -0.1) is 0 Å². The van der Waals surface area contributed by atoms with Gasteiger partial charge >= 0.3 is 0 Å². The molecule has 6 rings (SSSR count). The van der Waals surface area contributed by atoms with Crippen LogP contribution in [0.25, 0.3) is 0 Å². The first-order valence-corrected chi connectivity index (χ1v) is 13.7. The third-order valence-electron chi connectivity index (χ3n) is 8.37. The van der Waals surface area contributed by atoms with E-state index in [1.54, 1.807) is 6.07 Å². The zero-order chi connectivity index (χ0) is 25.4. The highest BCUT2D eigenvalue weighted by molar-refractivity contribution is 5.96. The number of hydrogen-bond acceptors (Lipinski definition) is 4. The van der Waals surface area contributed by atoms with E-state index in [4.69, 9.17) is 4.74 Å². The molecule has 1 aliphatic carbocycles. The molecule has 0 radical (unpaired) electrons. The molecule has 37 heavy (non-hydrogen) atoms. The van der Waals surface area contributed by atoms with Crippen molar-refractivity contribution in [1.82, 2.24) is 9.80 Å². The Labute approximate surface area is 219 Å². The minimum atomic E-state index is -0.203. The number of hydrogen-bond donors (Lipinski definition) is 1. The third-order valence-corrected chi connectivity index (χ3v) is 8.37. The molecule has 1 saturated heterocycles. The van der Waals surface area contributed by atoms with Gasteiger partial charge in [0.1, 0.15) is 11.5 Å². The Bertz CT molecular complexity index is 1250. The molecule has 5 nitrogen and oxygen atoms in total.